The Bertz CT molecular complexity index is 744. The third kappa shape index (κ3) is 3.28. The first-order chi connectivity index (χ1) is 11.6. The van der Waals surface area contributed by atoms with Crippen molar-refractivity contribution in [2.24, 2.45) is 0 Å². The fourth-order valence-corrected chi connectivity index (χ4v) is 2.85. The monoisotopic (exact) mass is 329 g/mol. The molecule has 0 radical (unpaired) electrons. The highest BCUT2D eigenvalue weighted by molar-refractivity contribution is 5.95. The maximum atomic E-state index is 12.7. The number of likely N-dealkylation sites (N-methyl/N-ethyl adjacent to an activating group) is 1. The molecule has 3 rings (SSSR count). The van der Waals surface area contributed by atoms with E-state index in [0.29, 0.717) is 24.3 Å². The first-order valence-corrected chi connectivity index (χ1v) is 7.81. The number of imidazole rings is 1. The lowest BCUT2D eigenvalue weighted by Crippen LogP contribution is -2.34. The van der Waals surface area contributed by atoms with Crippen LogP contribution in [0.2, 0.25) is 0 Å². The van der Waals surface area contributed by atoms with E-state index < -0.39 is 4.92 Å². The first kappa shape index (κ1) is 16.1. The summed E-state index contributed by atoms with van der Waals surface area (Å²) in [7, 11) is 2.03. The Kier molecular flexibility index (Phi) is 4.57. The predicted octanol–water partition coefficient (Wildman–Crippen LogP) is 1.56. The van der Waals surface area contributed by atoms with Gasteiger partial charge in [-0.2, -0.15) is 0 Å². The van der Waals surface area contributed by atoms with Crippen molar-refractivity contribution in [3.63, 3.8) is 0 Å². The normalized spacial score (nSPS) is 16.0. The molecule has 1 amide bonds. The zero-order valence-electron chi connectivity index (χ0n) is 13.5. The van der Waals surface area contributed by atoms with Crippen LogP contribution in [0.3, 0.4) is 0 Å². The van der Waals surface area contributed by atoms with Crippen molar-refractivity contribution in [1.82, 2.24) is 19.4 Å². The van der Waals surface area contributed by atoms with E-state index in [9.17, 15) is 14.9 Å². The second kappa shape index (κ2) is 6.79. The molecule has 0 unspecified atom stereocenters. The molecule has 2 aromatic rings. The Morgan fingerprint density at radius 3 is 2.79 bits per heavy atom. The van der Waals surface area contributed by atoms with Gasteiger partial charge in [0.2, 0.25) is 0 Å². The van der Waals surface area contributed by atoms with Gasteiger partial charge in [-0.3, -0.25) is 14.9 Å². The van der Waals surface area contributed by atoms with Crippen molar-refractivity contribution in [3.8, 4) is 5.69 Å². The van der Waals surface area contributed by atoms with Crippen LogP contribution < -0.4 is 0 Å². The van der Waals surface area contributed by atoms with Gasteiger partial charge in [0.25, 0.3) is 11.6 Å². The third-order valence-electron chi connectivity index (χ3n) is 4.21. The van der Waals surface area contributed by atoms with Crippen LogP contribution >= 0.6 is 0 Å². The second-order valence-electron chi connectivity index (χ2n) is 5.88. The minimum Gasteiger partial charge on any atom is -0.337 e. The van der Waals surface area contributed by atoms with Gasteiger partial charge in [-0.25, -0.2) is 4.98 Å². The lowest BCUT2D eigenvalue weighted by molar-refractivity contribution is -0.384. The number of nitro groups is 1. The van der Waals surface area contributed by atoms with Crippen molar-refractivity contribution in [3.05, 3.63) is 52.6 Å². The smallest absolute Gasteiger partial charge is 0.294 e. The predicted molar refractivity (Wildman–Crippen MR) is 88.2 cm³/mol. The molecule has 0 saturated carbocycles. The highest BCUT2D eigenvalue weighted by Gasteiger charge is 2.23. The van der Waals surface area contributed by atoms with Gasteiger partial charge in [0.15, 0.2) is 0 Å². The highest BCUT2D eigenvalue weighted by atomic mass is 16.6. The van der Waals surface area contributed by atoms with Crippen molar-refractivity contribution < 1.29 is 9.72 Å². The number of hydrogen-bond acceptors (Lipinski definition) is 5. The van der Waals surface area contributed by atoms with Crippen LogP contribution in [-0.4, -0.2) is 63.4 Å². The number of benzene rings is 1. The minimum atomic E-state index is -0.470. The summed E-state index contributed by atoms with van der Waals surface area (Å²) in [6, 6.07) is 4.59. The number of carbonyl (C=O) groups excluding carboxylic acids is 1. The van der Waals surface area contributed by atoms with Gasteiger partial charge in [0, 0.05) is 43.7 Å². The summed E-state index contributed by atoms with van der Waals surface area (Å²) in [4.78, 5) is 31.5. The van der Waals surface area contributed by atoms with Crippen LogP contribution in [0.15, 0.2) is 36.9 Å². The Hall–Kier alpha value is -2.74. The number of rotatable bonds is 3. The Labute approximate surface area is 139 Å². The summed E-state index contributed by atoms with van der Waals surface area (Å²) in [6.45, 7) is 3.05. The maximum Gasteiger partial charge on any atom is 0.294 e. The number of aromatic nitrogens is 2. The number of amides is 1. The molecule has 1 aromatic carbocycles. The summed E-state index contributed by atoms with van der Waals surface area (Å²) in [5, 5.41) is 11.4. The first-order valence-electron chi connectivity index (χ1n) is 7.81. The van der Waals surface area contributed by atoms with E-state index >= 15 is 0 Å². The summed E-state index contributed by atoms with van der Waals surface area (Å²) >= 11 is 0. The largest absolute Gasteiger partial charge is 0.337 e. The van der Waals surface area contributed by atoms with Crippen LogP contribution in [-0.2, 0) is 0 Å². The van der Waals surface area contributed by atoms with E-state index in [2.05, 4.69) is 9.88 Å². The Morgan fingerprint density at radius 1 is 1.25 bits per heavy atom. The Morgan fingerprint density at radius 2 is 2.08 bits per heavy atom. The molecule has 126 valence electrons. The average molecular weight is 329 g/mol. The van der Waals surface area contributed by atoms with Crippen LogP contribution in [0.1, 0.15) is 16.8 Å². The summed E-state index contributed by atoms with van der Waals surface area (Å²) in [6.07, 6.45) is 5.58. The minimum absolute atomic E-state index is 0.106. The molecular weight excluding hydrogens is 310 g/mol. The second-order valence-corrected chi connectivity index (χ2v) is 5.88. The van der Waals surface area contributed by atoms with Crippen molar-refractivity contribution in [2.75, 3.05) is 33.2 Å². The SMILES string of the molecule is CN1CCCN(C(=O)c2ccc(-n3ccnc3)c([N+](=O)[O-])c2)CC1. The van der Waals surface area contributed by atoms with Crippen molar-refractivity contribution in [2.45, 2.75) is 6.42 Å². The topological polar surface area (TPSA) is 84.5 Å². The molecule has 0 N–H and O–H groups in total. The maximum absolute atomic E-state index is 12.7. The summed E-state index contributed by atoms with van der Waals surface area (Å²) in [5.41, 5.74) is 0.630. The molecule has 1 aromatic heterocycles. The molecule has 8 nitrogen and oxygen atoms in total. The van der Waals surface area contributed by atoms with E-state index in [1.165, 1.54) is 12.4 Å². The van der Waals surface area contributed by atoms with Crippen LogP contribution in [0, 0.1) is 10.1 Å². The number of nitrogens with zero attached hydrogens (tertiary/aromatic N) is 5. The molecule has 2 heterocycles. The van der Waals surface area contributed by atoms with Crippen molar-refractivity contribution >= 4 is 11.6 Å². The lowest BCUT2D eigenvalue weighted by atomic mass is 10.1. The zero-order valence-corrected chi connectivity index (χ0v) is 13.5. The lowest BCUT2D eigenvalue weighted by Gasteiger charge is -2.20. The molecule has 1 saturated heterocycles. The standard InChI is InChI=1S/C16H19N5O3/c1-18-6-2-7-19(10-9-18)16(22)13-3-4-14(15(11-13)21(23)24)20-8-5-17-12-20/h3-5,8,11-12H,2,6-7,9-10H2,1H3. The van der Waals surface area contributed by atoms with E-state index in [4.69, 9.17) is 0 Å². The summed E-state index contributed by atoms with van der Waals surface area (Å²) in [5.74, 6) is -0.161. The molecule has 1 aliphatic rings. The van der Waals surface area contributed by atoms with E-state index in [0.717, 1.165) is 19.5 Å². The van der Waals surface area contributed by atoms with E-state index in [1.807, 2.05) is 7.05 Å². The highest BCUT2D eigenvalue weighted by Crippen LogP contribution is 2.25. The van der Waals surface area contributed by atoms with Gasteiger partial charge in [-0.15, -0.1) is 0 Å². The van der Waals surface area contributed by atoms with E-state index in [1.54, 1.807) is 34.0 Å². The van der Waals surface area contributed by atoms with Crippen LogP contribution in [0.5, 0.6) is 0 Å². The van der Waals surface area contributed by atoms with Gasteiger partial charge in [-0.1, -0.05) is 0 Å². The average Bonchev–Trinajstić information content (AvgIpc) is 3.02. The van der Waals surface area contributed by atoms with Crippen molar-refractivity contribution in [1.29, 1.82) is 0 Å². The molecule has 0 aliphatic carbocycles. The molecule has 0 bridgehead atoms. The van der Waals surface area contributed by atoms with Gasteiger partial charge in [0.1, 0.15) is 5.69 Å². The molecule has 1 fully saturated rings. The molecular formula is C16H19N5O3. The summed E-state index contributed by atoms with van der Waals surface area (Å²) < 4.78 is 1.56. The molecule has 8 heteroatoms. The zero-order chi connectivity index (χ0) is 17.1. The van der Waals surface area contributed by atoms with Gasteiger partial charge < -0.3 is 14.4 Å². The van der Waals surface area contributed by atoms with Gasteiger partial charge in [-0.05, 0) is 32.1 Å². The Balaban J connectivity index is 1.90. The number of hydrogen-bond donors (Lipinski definition) is 0. The van der Waals surface area contributed by atoms with E-state index in [-0.39, 0.29) is 11.6 Å². The van der Waals surface area contributed by atoms with Crippen LogP contribution in [0.4, 0.5) is 5.69 Å². The van der Waals surface area contributed by atoms with Gasteiger partial charge >= 0.3 is 0 Å². The fraction of sp³-hybridized carbons (Fsp3) is 0.375. The molecule has 1 aliphatic heterocycles. The molecule has 0 atom stereocenters. The fourth-order valence-electron chi connectivity index (χ4n) is 2.85. The number of nitro benzene ring substituents is 1. The number of carbonyl (C=O) groups is 1. The quantitative estimate of drug-likeness (QED) is 0.630. The molecule has 0 spiro atoms. The third-order valence-corrected chi connectivity index (χ3v) is 4.21. The molecule has 24 heavy (non-hydrogen) atoms. The van der Waals surface area contributed by atoms with Gasteiger partial charge in [0.05, 0.1) is 11.3 Å². The van der Waals surface area contributed by atoms with Crippen LogP contribution in [0.25, 0.3) is 5.69 Å².